The van der Waals surface area contributed by atoms with Crippen LogP contribution in [0.2, 0.25) is 0 Å². The quantitative estimate of drug-likeness (QED) is 0.522. The number of nitrogens with one attached hydrogen (secondary N) is 3. The highest BCUT2D eigenvalue weighted by molar-refractivity contribution is 7.89. The van der Waals surface area contributed by atoms with Crippen LogP contribution in [0.4, 0.5) is 11.4 Å². The molecule has 31 heavy (non-hydrogen) atoms. The molecule has 4 rings (SSSR count). The average molecular weight is 443 g/mol. The molecule has 1 saturated heterocycles. The molecular weight excluding hydrogens is 416 g/mol. The third-order valence-corrected chi connectivity index (χ3v) is 7.16. The SMILES string of the molecule is CCNc1ccc(S(=O)(=O)N2CCOCC2)cc1NC(=O)Cc1c[nH]c2ccccc12. The molecule has 0 atom stereocenters. The van der Waals surface area contributed by atoms with Crippen LogP contribution in [0.3, 0.4) is 0 Å². The highest BCUT2D eigenvalue weighted by Crippen LogP contribution is 2.28. The van der Waals surface area contributed by atoms with Gasteiger partial charge in [-0.3, -0.25) is 4.79 Å². The van der Waals surface area contributed by atoms with E-state index in [1.807, 2.05) is 37.4 Å². The van der Waals surface area contributed by atoms with Crippen LogP contribution in [0, 0.1) is 0 Å². The molecule has 1 aromatic heterocycles. The molecule has 8 nitrogen and oxygen atoms in total. The van der Waals surface area contributed by atoms with Crippen molar-refractivity contribution in [2.45, 2.75) is 18.2 Å². The van der Waals surface area contributed by atoms with Gasteiger partial charge >= 0.3 is 0 Å². The van der Waals surface area contributed by atoms with Crippen LogP contribution >= 0.6 is 0 Å². The number of hydrogen-bond donors (Lipinski definition) is 3. The highest BCUT2D eigenvalue weighted by Gasteiger charge is 2.27. The lowest BCUT2D eigenvalue weighted by Gasteiger charge is -2.26. The monoisotopic (exact) mass is 442 g/mol. The van der Waals surface area contributed by atoms with E-state index >= 15 is 0 Å². The number of carbonyl (C=O) groups excluding carboxylic acids is 1. The number of anilines is 2. The number of fused-ring (bicyclic) bond motifs is 1. The van der Waals surface area contributed by atoms with Crippen molar-refractivity contribution in [3.63, 3.8) is 0 Å². The Balaban J connectivity index is 1.58. The van der Waals surface area contributed by atoms with Crippen molar-refractivity contribution in [2.75, 3.05) is 43.5 Å². The number of para-hydroxylation sites is 1. The van der Waals surface area contributed by atoms with Gasteiger partial charge in [0.25, 0.3) is 0 Å². The molecule has 0 unspecified atom stereocenters. The molecule has 2 heterocycles. The van der Waals surface area contributed by atoms with Gasteiger partial charge in [0.15, 0.2) is 0 Å². The van der Waals surface area contributed by atoms with Crippen LogP contribution in [0.1, 0.15) is 12.5 Å². The smallest absolute Gasteiger partial charge is 0.243 e. The van der Waals surface area contributed by atoms with Crippen molar-refractivity contribution in [1.29, 1.82) is 0 Å². The minimum absolute atomic E-state index is 0.151. The van der Waals surface area contributed by atoms with Crippen LogP contribution < -0.4 is 10.6 Å². The molecule has 0 bridgehead atoms. The van der Waals surface area contributed by atoms with Gasteiger partial charge in [-0.15, -0.1) is 0 Å². The van der Waals surface area contributed by atoms with Gasteiger partial charge in [-0.05, 0) is 36.8 Å². The highest BCUT2D eigenvalue weighted by atomic mass is 32.2. The molecule has 0 spiro atoms. The van der Waals surface area contributed by atoms with E-state index in [0.717, 1.165) is 16.5 Å². The molecule has 2 aromatic carbocycles. The van der Waals surface area contributed by atoms with Crippen molar-refractivity contribution < 1.29 is 17.9 Å². The van der Waals surface area contributed by atoms with Gasteiger partial charge in [0, 0.05) is 36.7 Å². The van der Waals surface area contributed by atoms with Crippen molar-refractivity contribution in [3.05, 3.63) is 54.2 Å². The number of rotatable bonds is 7. The van der Waals surface area contributed by atoms with E-state index in [4.69, 9.17) is 4.74 Å². The van der Waals surface area contributed by atoms with Gasteiger partial charge in [0.2, 0.25) is 15.9 Å². The fraction of sp³-hybridized carbons (Fsp3) is 0.318. The Bertz CT molecular complexity index is 1180. The molecule has 0 aliphatic carbocycles. The lowest BCUT2D eigenvalue weighted by Crippen LogP contribution is -2.40. The molecule has 164 valence electrons. The second-order valence-corrected chi connectivity index (χ2v) is 9.28. The number of morpholine rings is 1. The summed E-state index contributed by atoms with van der Waals surface area (Å²) in [6.45, 7) is 3.97. The van der Waals surface area contributed by atoms with Gasteiger partial charge in [0.1, 0.15) is 0 Å². The first kappa shape index (κ1) is 21.4. The van der Waals surface area contributed by atoms with E-state index in [0.29, 0.717) is 44.2 Å². The van der Waals surface area contributed by atoms with Gasteiger partial charge in [-0.25, -0.2) is 8.42 Å². The average Bonchev–Trinajstić information content (AvgIpc) is 3.18. The van der Waals surface area contributed by atoms with Crippen molar-refractivity contribution in [1.82, 2.24) is 9.29 Å². The van der Waals surface area contributed by atoms with Crippen molar-refractivity contribution >= 4 is 38.2 Å². The normalized spacial score (nSPS) is 15.1. The van der Waals surface area contributed by atoms with E-state index in [2.05, 4.69) is 15.6 Å². The predicted octanol–water partition coefficient (Wildman–Crippen LogP) is 2.80. The predicted molar refractivity (Wildman–Crippen MR) is 121 cm³/mol. The number of nitrogens with zero attached hydrogens (tertiary/aromatic N) is 1. The largest absolute Gasteiger partial charge is 0.384 e. The first-order valence-electron chi connectivity index (χ1n) is 10.3. The zero-order valence-corrected chi connectivity index (χ0v) is 18.2. The third kappa shape index (κ3) is 4.58. The van der Waals surface area contributed by atoms with Gasteiger partial charge < -0.3 is 20.4 Å². The van der Waals surface area contributed by atoms with E-state index in [-0.39, 0.29) is 17.2 Å². The van der Waals surface area contributed by atoms with E-state index in [1.54, 1.807) is 12.1 Å². The Kier molecular flexibility index (Phi) is 6.26. The Hall–Kier alpha value is -2.88. The minimum atomic E-state index is -3.66. The number of benzene rings is 2. The fourth-order valence-corrected chi connectivity index (χ4v) is 5.15. The van der Waals surface area contributed by atoms with Crippen molar-refractivity contribution in [3.8, 4) is 0 Å². The summed E-state index contributed by atoms with van der Waals surface area (Å²) in [4.78, 5) is 16.1. The zero-order chi connectivity index (χ0) is 21.8. The second kappa shape index (κ2) is 9.09. The number of aromatic nitrogens is 1. The van der Waals surface area contributed by atoms with Gasteiger partial charge in [-0.1, -0.05) is 18.2 Å². The Labute approximate surface area is 181 Å². The molecule has 1 aliphatic heterocycles. The van der Waals surface area contributed by atoms with Crippen LogP contribution in [0.15, 0.2) is 53.6 Å². The molecule has 1 aliphatic rings. The summed E-state index contributed by atoms with van der Waals surface area (Å²) in [5.74, 6) is -0.218. The standard InChI is InChI=1S/C22H26N4O4S/c1-2-23-20-8-7-17(31(28,29)26-9-11-30-12-10-26)14-21(20)25-22(27)13-16-15-24-19-6-4-3-5-18(16)19/h3-8,14-15,23-24H,2,9-13H2,1H3,(H,25,27). The topological polar surface area (TPSA) is 104 Å². The lowest BCUT2D eigenvalue weighted by molar-refractivity contribution is -0.115. The molecule has 1 amide bonds. The summed E-state index contributed by atoms with van der Waals surface area (Å²) in [6.07, 6.45) is 2.00. The number of carbonyl (C=O) groups is 1. The van der Waals surface area contributed by atoms with Gasteiger partial charge in [0.05, 0.1) is 35.9 Å². The third-order valence-electron chi connectivity index (χ3n) is 5.27. The zero-order valence-electron chi connectivity index (χ0n) is 17.3. The summed E-state index contributed by atoms with van der Waals surface area (Å²) in [5.41, 5.74) is 2.98. The molecule has 3 aromatic rings. The number of H-pyrrole nitrogens is 1. The van der Waals surface area contributed by atoms with E-state index in [9.17, 15) is 13.2 Å². The van der Waals surface area contributed by atoms with Crippen LogP contribution in [0.5, 0.6) is 0 Å². The molecular formula is C22H26N4O4S. The van der Waals surface area contributed by atoms with Gasteiger partial charge in [-0.2, -0.15) is 4.31 Å². The fourth-order valence-electron chi connectivity index (χ4n) is 3.71. The summed E-state index contributed by atoms with van der Waals surface area (Å²) >= 11 is 0. The molecule has 3 N–H and O–H groups in total. The van der Waals surface area contributed by atoms with Crippen molar-refractivity contribution in [2.24, 2.45) is 0 Å². The maximum absolute atomic E-state index is 13.0. The Morgan fingerprint density at radius 1 is 1.13 bits per heavy atom. The maximum atomic E-state index is 13.0. The molecule has 0 radical (unpaired) electrons. The number of hydrogen-bond acceptors (Lipinski definition) is 5. The Morgan fingerprint density at radius 3 is 2.68 bits per heavy atom. The minimum Gasteiger partial charge on any atom is -0.384 e. The number of sulfonamides is 1. The van der Waals surface area contributed by atoms with Crippen LogP contribution in [0.25, 0.3) is 10.9 Å². The maximum Gasteiger partial charge on any atom is 0.243 e. The summed E-state index contributed by atoms with van der Waals surface area (Å²) < 4.78 is 32.7. The molecule has 9 heteroatoms. The second-order valence-electron chi connectivity index (χ2n) is 7.34. The van der Waals surface area contributed by atoms with E-state index in [1.165, 1.54) is 10.4 Å². The van der Waals surface area contributed by atoms with Crippen LogP contribution in [-0.2, 0) is 26.0 Å². The molecule has 0 saturated carbocycles. The number of ether oxygens (including phenoxy) is 1. The summed E-state index contributed by atoms with van der Waals surface area (Å²) in [5, 5.41) is 7.06. The van der Waals surface area contributed by atoms with Crippen LogP contribution in [-0.4, -0.2) is 56.5 Å². The number of amides is 1. The molecule has 1 fully saturated rings. The first-order chi connectivity index (χ1) is 15.0. The lowest BCUT2D eigenvalue weighted by atomic mass is 10.1. The summed E-state index contributed by atoms with van der Waals surface area (Å²) in [6, 6.07) is 12.6. The number of aromatic amines is 1. The summed E-state index contributed by atoms with van der Waals surface area (Å²) in [7, 11) is -3.66. The first-order valence-corrected chi connectivity index (χ1v) is 11.7. The Morgan fingerprint density at radius 2 is 1.90 bits per heavy atom. The van der Waals surface area contributed by atoms with E-state index < -0.39 is 10.0 Å².